The van der Waals surface area contributed by atoms with Crippen LogP contribution < -0.4 is 0 Å². The van der Waals surface area contributed by atoms with E-state index >= 15 is 0 Å². The van der Waals surface area contributed by atoms with E-state index < -0.39 is 16.4 Å². The van der Waals surface area contributed by atoms with E-state index in [9.17, 15) is 9.32 Å². The third-order valence-corrected chi connectivity index (χ3v) is 6.87. The van der Waals surface area contributed by atoms with Crippen LogP contribution in [0.3, 0.4) is 0 Å². The zero-order valence-electron chi connectivity index (χ0n) is 11.2. The summed E-state index contributed by atoms with van der Waals surface area (Å²) < 4.78 is 12.1. The largest absolute Gasteiger partial charge is 0.390 e. The van der Waals surface area contributed by atoms with Crippen LogP contribution in [0.2, 0.25) is 0 Å². The van der Waals surface area contributed by atoms with Crippen molar-refractivity contribution < 1.29 is 9.32 Å². The second-order valence-corrected chi connectivity index (χ2v) is 8.01. The number of fused-ring (bicyclic) bond motifs is 2. The molecule has 0 radical (unpaired) electrons. The highest BCUT2D eigenvalue weighted by atomic mass is 32.2. The van der Waals surface area contributed by atoms with E-state index in [1.165, 1.54) is 6.42 Å². The molecule has 2 aliphatic heterocycles. The highest BCUT2D eigenvalue weighted by Gasteiger charge is 2.45. The molecule has 0 aliphatic carbocycles. The Bertz CT molecular complexity index is 270. The van der Waals surface area contributed by atoms with Crippen LogP contribution >= 0.6 is 0 Å². The molecular formula is C14H26O2S. The summed E-state index contributed by atoms with van der Waals surface area (Å²) in [6.07, 6.45) is 8.13. The lowest BCUT2D eigenvalue weighted by Crippen LogP contribution is -2.49. The van der Waals surface area contributed by atoms with Crippen molar-refractivity contribution in [1.82, 2.24) is 0 Å². The maximum absolute atomic E-state index is 12.1. The Morgan fingerprint density at radius 2 is 1.76 bits per heavy atom. The van der Waals surface area contributed by atoms with Gasteiger partial charge in [-0.2, -0.15) is 0 Å². The fraction of sp³-hybridized carbons (Fsp3) is 1.00. The maximum Gasteiger partial charge on any atom is 0.0673 e. The molecule has 2 aliphatic rings. The van der Waals surface area contributed by atoms with E-state index in [0.717, 1.165) is 44.9 Å². The van der Waals surface area contributed by atoms with Gasteiger partial charge in [0.2, 0.25) is 0 Å². The molecule has 0 aromatic heterocycles. The minimum absolute atomic E-state index is 0.280. The summed E-state index contributed by atoms with van der Waals surface area (Å²) in [5, 5.41) is 11.4. The van der Waals surface area contributed by atoms with Crippen molar-refractivity contribution in [3.8, 4) is 0 Å². The first-order chi connectivity index (χ1) is 8.08. The topological polar surface area (TPSA) is 37.3 Å². The summed E-state index contributed by atoms with van der Waals surface area (Å²) in [6, 6.07) is 0. The first-order valence-corrected chi connectivity index (χ1v) is 8.47. The highest BCUT2D eigenvalue weighted by molar-refractivity contribution is 7.86. The van der Waals surface area contributed by atoms with Gasteiger partial charge in [0, 0.05) is 21.3 Å². The van der Waals surface area contributed by atoms with Crippen molar-refractivity contribution in [3.63, 3.8) is 0 Å². The summed E-state index contributed by atoms with van der Waals surface area (Å²) in [7, 11) is -0.661. The van der Waals surface area contributed by atoms with Gasteiger partial charge in [-0.15, -0.1) is 0 Å². The van der Waals surface area contributed by atoms with Gasteiger partial charge in [-0.1, -0.05) is 33.1 Å². The van der Waals surface area contributed by atoms with Crippen LogP contribution in [0.5, 0.6) is 0 Å². The zero-order chi connectivity index (χ0) is 12.5. The van der Waals surface area contributed by atoms with Crippen molar-refractivity contribution >= 4 is 10.8 Å². The SMILES string of the molecule is CCC(CC)CC1(O)CC2CCCC(C1)S2=O. The molecule has 0 aromatic rings. The third-order valence-electron chi connectivity index (χ3n) is 4.75. The molecule has 17 heavy (non-hydrogen) atoms. The van der Waals surface area contributed by atoms with E-state index in [-0.39, 0.29) is 10.5 Å². The molecule has 1 N–H and O–H groups in total. The zero-order valence-corrected chi connectivity index (χ0v) is 12.0. The molecule has 2 bridgehead atoms. The first-order valence-electron chi connectivity index (χ1n) is 7.19. The van der Waals surface area contributed by atoms with Crippen LogP contribution in [0, 0.1) is 5.92 Å². The lowest BCUT2D eigenvalue weighted by molar-refractivity contribution is -0.0120. The molecular weight excluding hydrogens is 232 g/mol. The number of hydrogen-bond donors (Lipinski definition) is 1. The number of rotatable bonds is 4. The standard InChI is InChI=1S/C14H26O2S/c1-3-11(4-2)8-14(15)9-12-6-5-7-13(10-14)17(12)16/h11-13,15H,3-10H2,1-2H3. The predicted octanol–water partition coefficient (Wildman–Crippen LogP) is 3.01. The average Bonchev–Trinajstić information content (AvgIpc) is 2.29. The lowest BCUT2D eigenvalue weighted by Gasteiger charge is -2.44. The Kier molecular flexibility index (Phi) is 4.30. The minimum atomic E-state index is -0.661. The molecule has 2 saturated heterocycles. The molecule has 3 heteroatoms. The smallest absolute Gasteiger partial charge is 0.0673 e. The molecule has 2 rings (SSSR count). The summed E-state index contributed by atoms with van der Waals surface area (Å²) in [5.41, 5.74) is -0.514. The van der Waals surface area contributed by atoms with E-state index in [4.69, 9.17) is 0 Å². The molecule has 2 unspecified atom stereocenters. The number of aliphatic hydroxyl groups is 1. The van der Waals surface area contributed by atoms with E-state index in [2.05, 4.69) is 13.8 Å². The van der Waals surface area contributed by atoms with Gasteiger partial charge in [-0.25, -0.2) is 0 Å². The van der Waals surface area contributed by atoms with E-state index in [1.54, 1.807) is 0 Å². The van der Waals surface area contributed by atoms with Crippen molar-refractivity contribution in [2.75, 3.05) is 0 Å². The van der Waals surface area contributed by atoms with Gasteiger partial charge in [0.25, 0.3) is 0 Å². The molecule has 2 atom stereocenters. The van der Waals surface area contributed by atoms with Crippen LogP contribution in [0.25, 0.3) is 0 Å². The molecule has 2 heterocycles. The lowest BCUT2D eigenvalue weighted by atomic mass is 9.78. The molecule has 100 valence electrons. The van der Waals surface area contributed by atoms with Gasteiger partial charge >= 0.3 is 0 Å². The molecule has 0 aromatic carbocycles. The van der Waals surface area contributed by atoms with Crippen molar-refractivity contribution in [2.24, 2.45) is 5.92 Å². The van der Waals surface area contributed by atoms with Crippen LogP contribution in [0.15, 0.2) is 0 Å². The normalized spacial score (nSPS) is 41.8. The molecule has 2 fully saturated rings. The summed E-state index contributed by atoms with van der Waals surface area (Å²) >= 11 is 0. The predicted molar refractivity (Wildman–Crippen MR) is 72.4 cm³/mol. The van der Waals surface area contributed by atoms with E-state index in [0.29, 0.717) is 5.92 Å². The quantitative estimate of drug-likeness (QED) is 0.841. The highest BCUT2D eigenvalue weighted by Crippen LogP contribution is 2.42. The van der Waals surface area contributed by atoms with Crippen LogP contribution in [-0.4, -0.2) is 25.4 Å². The summed E-state index contributed by atoms with van der Waals surface area (Å²) in [4.78, 5) is 0. The fourth-order valence-corrected chi connectivity index (χ4v) is 5.95. The average molecular weight is 258 g/mol. The molecule has 0 saturated carbocycles. The van der Waals surface area contributed by atoms with Gasteiger partial charge in [0.05, 0.1) is 5.60 Å². The molecule has 0 amide bonds. The van der Waals surface area contributed by atoms with Gasteiger partial charge in [0.1, 0.15) is 0 Å². The van der Waals surface area contributed by atoms with Crippen LogP contribution in [0.4, 0.5) is 0 Å². The maximum atomic E-state index is 12.1. The fourth-order valence-electron chi connectivity index (χ4n) is 3.66. The second-order valence-electron chi connectivity index (χ2n) is 6.02. The Hall–Kier alpha value is 0.110. The van der Waals surface area contributed by atoms with Gasteiger partial charge in [-0.05, 0) is 38.0 Å². The summed E-state index contributed by atoms with van der Waals surface area (Å²) in [5.74, 6) is 0.632. The number of hydrogen-bond acceptors (Lipinski definition) is 2. The first kappa shape index (κ1) is 13.5. The summed E-state index contributed by atoms with van der Waals surface area (Å²) in [6.45, 7) is 4.42. The Labute approximate surface area is 108 Å². The third kappa shape index (κ3) is 2.93. The minimum Gasteiger partial charge on any atom is -0.390 e. The van der Waals surface area contributed by atoms with Crippen molar-refractivity contribution in [3.05, 3.63) is 0 Å². The van der Waals surface area contributed by atoms with Crippen LogP contribution in [0.1, 0.15) is 65.2 Å². The van der Waals surface area contributed by atoms with Gasteiger partial charge in [-0.3, -0.25) is 4.21 Å². The monoisotopic (exact) mass is 258 g/mol. The molecule has 2 nitrogen and oxygen atoms in total. The Morgan fingerprint density at radius 3 is 2.24 bits per heavy atom. The Morgan fingerprint density at radius 1 is 1.24 bits per heavy atom. The van der Waals surface area contributed by atoms with Gasteiger partial charge < -0.3 is 5.11 Å². The Balaban J connectivity index is 2.04. The van der Waals surface area contributed by atoms with Gasteiger partial charge in [0.15, 0.2) is 0 Å². The van der Waals surface area contributed by atoms with Crippen LogP contribution in [-0.2, 0) is 10.8 Å². The van der Waals surface area contributed by atoms with Crippen molar-refractivity contribution in [2.45, 2.75) is 81.3 Å². The van der Waals surface area contributed by atoms with E-state index in [1.807, 2.05) is 0 Å². The second kappa shape index (κ2) is 5.40. The van der Waals surface area contributed by atoms with Crippen molar-refractivity contribution in [1.29, 1.82) is 0 Å². The molecule has 0 spiro atoms.